The Morgan fingerprint density at radius 1 is 0.640 bits per heavy atom. The largest absolute Gasteiger partial charge is 0.447 e. The standard InChI is InChI=1S/C21H16O4/c22-19(16-10-4-1-5-11-16)21(24-18-14-8-3-9-15-18)25-20(23)17-12-6-2-7-13-17/h1-15,21H. The Morgan fingerprint density at radius 2 is 1.12 bits per heavy atom. The summed E-state index contributed by atoms with van der Waals surface area (Å²) in [6.45, 7) is 0. The lowest BCUT2D eigenvalue weighted by atomic mass is 10.1. The highest BCUT2D eigenvalue weighted by atomic mass is 16.7. The van der Waals surface area contributed by atoms with Crippen molar-refractivity contribution in [1.29, 1.82) is 0 Å². The van der Waals surface area contributed by atoms with Crippen LogP contribution < -0.4 is 4.74 Å². The number of hydrogen-bond donors (Lipinski definition) is 0. The average molecular weight is 332 g/mol. The molecule has 0 aromatic heterocycles. The van der Waals surface area contributed by atoms with Crippen molar-refractivity contribution in [2.24, 2.45) is 0 Å². The maximum atomic E-state index is 12.7. The minimum Gasteiger partial charge on any atom is -0.447 e. The van der Waals surface area contributed by atoms with Gasteiger partial charge in [-0.15, -0.1) is 0 Å². The zero-order valence-corrected chi connectivity index (χ0v) is 13.4. The summed E-state index contributed by atoms with van der Waals surface area (Å²) in [5.41, 5.74) is 0.759. The molecular formula is C21H16O4. The molecule has 4 nitrogen and oxygen atoms in total. The Balaban J connectivity index is 1.83. The first kappa shape index (κ1) is 16.5. The first-order valence-electron chi connectivity index (χ1n) is 7.81. The van der Waals surface area contributed by atoms with Crippen LogP contribution >= 0.6 is 0 Å². The molecule has 0 aliphatic carbocycles. The van der Waals surface area contributed by atoms with E-state index < -0.39 is 18.0 Å². The van der Waals surface area contributed by atoms with E-state index in [0.29, 0.717) is 16.9 Å². The van der Waals surface area contributed by atoms with E-state index in [1.54, 1.807) is 84.9 Å². The van der Waals surface area contributed by atoms with Crippen molar-refractivity contribution in [2.45, 2.75) is 6.29 Å². The molecule has 0 saturated carbocycles. The van der Waals surface area contributed by atoms with Crippen LogP contribution in [0.3, 0.4) is 0 Å². The Bertz CT molecular complexity index is 830. The highest BCUT2D eigenvalue weighted by molar-refractivity contribution is 6.01. The van der Waals surface area contributed by atoms with Gasteiger partial charge in [0.25, 0.3) is 0 Å². The summed E-state index contributed by atoms with van der Waals surface area (Å²) in [5.74, 6) is -0.600. The van der Waals surface area contributed by atoms with E-state index in [-0.39, 0.29) is 0 Å². The van der Waals surface area contributed by atoms with Crippen molar-refractivity contribution in [2.75, 3.05) is 0 Å². The number of ether oxygens (including phenoxy) is 2. The first-order valence-corrected chi connectivity index (χ1v) is 7.81. The molecule has 124 valence electrons. The second-order valence-electron chi connectivity index (χ2n) is 5.26. The molecular weight excluding hydrogens is 316 g/mol. The minimum absolute atomic E-state index is 0.352. The third-order valence-electron chi connectivity index (χ3n) is 3.48. The van der Waals surface area contributed by atoms with Crippen LogP contribution in [-0.2, 0) is 4.74 Å². The Hall–Kier alpha value is -3.40. The van der Waals surface area contributed by atoms with E-state index >= 15 is 0 Å². The molecule has 0 saturated heterocycles. The van der Waals surface area contributed by atoms with E-state index in [1.807, 2.05) is 6.07 Å². The van der Waals surface area contributed by atoms with E-state index in [4.69, 9.17) is 9.47 Å². The molecule has 0 bridgehead atoms. The van der Waals surface area contributed by atoms with Crippen LogP contribution in [0.1, 0.15) is 20.7 Å². The summed E-state index contributed by atoms with van der Waals surface area (Å²) >= 11 is 0. The fourth-order valence-corrected chi connectivity index (χ4v) is 2.23. The smallest absolute Gasteiger partial charge is 0.341 e. The number of Topliss-reactive ketones (excluding diaryl/α,β-unsaturated/α-hetero) is 1. The molecule has 0 fully saturated rings. The van der Waals surface area contributed by atoms with Gasteiger partial charge in [-0.05, 0) is 24.3 Å². The topological polar surface area (TPSA) is 52.6 Å². The lowest BCUT2D eigenvalue weighted by molar-refractivity contribution is -0.0328. The summed E-state index contributed by atoms with van der Waals surface area (Å²) in [6, 6.07) is 25.9. The quantitative estimate of drug-likeness (QED) is 0.387. The van der Waals surface area contributed by atoms with Gasteiger partial charge < -0.3 is 9.47 Å². The van der Waals surface area contributed by atoms with Crippen molar-refractivity contribution in [3.8, 4) is 5.75 Å². The molecule has 3 aromatic rings. The third kappa shape index (κ3) is 4.32. The van der Waals surface area contributed by atoms with Crippen molar-refractivity contribution < 1.29 is 19.1 Å². The van der Waals surface area contributed by atoms with Crippen molar-refractivity contribution in [3.05, 3.63) is 102 Å². The Kier molecular flexibility index (Phi) is 5.22. The van der Waals surface area contributed by atoms with Crippen LogP contribution in [0.25, 0.3) is 0 Å². The number of rotatable bonds is 6. The normalized spacial score (nSPS) is 11.4. The SMILES string of the molecule is O=C(OC(Oc1ccccc1)C(=O)c1ccccc1)c1ccccc1. The summed E-state index contributed by atoms with van der Waals surface area (Å²) in [6.07, 6.45) is -1.36. The lowest BCUT2D eigenvalue weighted by Gasteiger charge is -2.18. The molecule has 0 aliphatic rings. The number of para-hydroxylation sites is 1. The molecule has 3 rings (SSSR count). The number of esters is 1. The van der Waals surface area contributed by atoms with Crippen molar-refractivity contribution in [3.63, 3.8) is 0 Å². The number of hydrogen-bond acceptors (Lipinski definition) is 4. The minimum atomic E-state index is -1.36. The highest BCUT2D eigenvalue weighted by Gasteiger charge is 2.26. The number of benzene rings is 3. The van der Waals surface area contributed by atoms with Crippen molar-refractivity contribution >= 4 is 11.8 Å². The fourth-order valence-electron chi connectivity index (χ4n) is 2.23. The van der Waals surface area contributed by atoms with Crippen LogP contribution in [0.2, 0.25) is 0 Å². The summed E-state index contributed by atoms with van der Waals surface area (Å²) in [4.78, 5) is 25.0. The van der Waals surface area contributed by atoms with Crippen LogP contribution in [0.15, 0.2) is 91.0 Å². The molecule has 4 heteroatoms. The maximum Gasteiger partial charge on any atom is 0.341 e. The molecule has 0 radical (unpaired) electrons. The molecule has 1 unspecified atom stereocenters. The number of carbonyl (C=O) groups is 2. The Morgan fingerprint density at radius 3 is 1.68 bits per heavy atom. The molecule has 0 aliphatic heterocycles. The highest BCUT2D eigenvalue weighted by Crippen LogP contribution is 2.16. The number of carbonyl (C=O) groups excluding carboxylic acids is 2. The van der Waals surface area contributed by atoms with Gasteiger partial charge in [-0.2, -0.15) is 0 Å². The van der Waals surface area contributed by atoms with Gasteiger partial charge in [0, 0.05) is 5.56 Å². The van der Waals surface area contributed by atoms with Gasteiger partial charge in [0.15, 0.2) is 0 Å². The second-order valence-corrected chi connectivity index (χ2v) is 5.26. The third-order valence-corrected chi connectivity index (χ3v) is 3.48. The predicted molar refractivity (Wildman–Crippen MR) is 93.5 cm³/mol. The Labute approximate surface area is 145 Å². The molecule has 0 spiro atoms. The van der Waals surface area contributed by atoms with Gasteiger partial charge in [0.2, 0.25) is 5.78 Å². The lowest BCUT2D eigenvalue weighted by Crippen LogP contribution is -2.33. The van der Waals surface area contributed by atoms with Crippen LogP contribution in [0, 0.1) is 0 Å². The van der Waals surface area contributed by atoms with Gasteiger partial charge in [0.1, 0.15) is 5.75 Å². The average Bonchev–Trinajstić information content (AvgIpc) is 2.69. The zero-order chi connectivity index (χ0) is 17.5. The molecule has 3 aromatic carbocycles. The van der Waals surface area contributed by atoms with E-state index in [1.165, 1.54) is 0 Å². The summed E-state index contributed by atoms with van der Waals surface area (Å²) in [5, 5.41) is 0. The molecule has 0 heterocycles. The zero-order valence-electron chi connectivity index (χ0n) is 13.4. The van der Waals surface area contributed by atoms with E-state index in [9.17, 15) is 9.59 Å². The van der Waals surface area contributed by atoms with E-state index in [0.717, 1.165) is 0 Å². The van der Waals surface area contributed by atoms with E-state index in [2.05, 4.69) is 0 Å². The van der Waals surface area contributed by atoms with Gasteiger partial charge in [-0.3, -0.25) is 4.79 Å². The van der Waals surface area contributed by atoms with Gasteiger partial charge >= 0.3 is 12.3 Å². The van der Waals surface area contributed by atoms with Gasteiger partial charge in [0.05, 0.1) is 5.56 Å². The molecule has 25 heavy (non-hydrogen) atoms. The molecule has 1 atom stereocenters. The maximum absolute atomic E-state index is 12.7. The number of ketones is 1. The fraction of sp³-hybridized carbons (Fsp3) is 0.0476. The van der Waals surface area contributed by atoms with Crippen LogP contribution in [0.4, 0.5) is 0 Å². The molecule has 0 amide bonds. The monoisotopic (exact) mass is 332 g/mol. The summed E-state index contributed by atoms with van der Waals surface area (Å²) in [7, 11) is 0. The van der Waals surface area contributed by atoms with Gasteiger partial charge in [-0.1, -0.05) is 66.7 Å². The first-order chi connectivity index (χ1) is 12.2. The van der Waals surface area contributed by atoms with Gasteiger partial charge in [-0.25, -0.2) is 4.79 Å². The summed E-state index contributed by atoms with van der Waals surface area (Å²) < 4.78 is 11.0. The molecule has 0 N–H and O–H groups in total. The van der Waals surface area contributed by atoms with Crippen LogP contribution in [0.5, 0.6) is 5.75 Å². The predicted octanol–water partition coefficient (Wildman–Crippen LogP) is 4.13. The second kappa shape index (κ2) is 7.93. The van der Waals surface area contributed by atoms with Crippen molar-refractivity contribution in [1.82, 2.24) is 0 Å². The van der Waals surface area contributed by atoms with Crippen LogP contribution in [-0.4, -0.2) is 18.0 Å².